The Morgan fingerprint density at radius 2 is 2.07 bits per heavy atom. The van der Waals surface area contributed by atoms with Crippen molar-refractivity contribution in [3.63, 3.8) is 0 Å². The predicted octanol–water partition coefficient (Wildman–Crippen LogP) is 3.43. The van der Waals surface area contributed by atoms with Crippen LogP contribution in [0.15, 0.2) is 23.3 Å². The SMILES string of the molecule is CCc1cnc(CNC(=NC)NCC(c2ccc(C)s2)N2CCOCC2)s1.I. The molecule has 2 aromatic heterocycles. The quantitative estimate of drug-likeness (QED) is 0.323. The smallest absolute Gasteiger partial charge is 0.191 e. The van der Waals surface area contributed by atoms with Crippen molar-refractivity contribution < 1.29 is 4.74 Å². The lowest BCUT2D eigenvalue weighted by Crippen LogP contribution is -2.46. The summed E-state index contributed by atoms with van der Waals surface area (Å²) >= 11 is 3.63. The molecule has 1 saturated heterocycles. The third kappa shape index (κ3) is 6.65. The number of rotatable bonds is 7. The Hall–Kier alpha value is -0.750. The van der Waals surface area contributed by atoms with Gasteiger partial charge in [-0.15, -0.1) is 46.7 Å². The van der Waals surface area contributed by atoms with E-state index >= 15 is 0 Å². The summed E-state index contributed by atoms with van der Waals surface area (Å²) in [5.74, 6) is 0.815. The summed E-state index contributed by atoms with van der Waals surface area (Å²) in [5, 5.41) is 7.98. The van der Waals surface area contributed by atoms with Crippen LogP contribution in [0, 0.1) is 6.92 Å². The van der Waals surface area contributed by atoms with Crippen LogP contribution < -0.4 is 10.6 Å². The standard InChI is InChI=1S/C19H29N5OS2.HI/c1-4-15-11-21-18(27-15)13-23-19(20-3)22-12-16(17-6-5-14(2)26-17)24-7-9-25-10-8-24;/h5-6,11,16H,4,7-10,12-13H2,1-3H3,(H2,20,22,23);1H. The van der Waals surface area contributed by atoms with Crippen molar-refractivity contribution in [2.45, 2.75) is 32.9 Å². The molecule has 0 aromatic carbocycles. The Bertz CT molecular complexity index is 742. The Kier molecular flexibility index (Phi) is 10.1. The van der Waals surface area contributed by atoms with Crippen molar-refractivity contribution in [1.82, 2.24) is 20.5 Å². The molecule has 2 aromatic rings. The van der Waals surface area contributed by atoms with Gasteiger partial charge in [-0.2, -0.15) is 0 Å². The van der Waals surface area contributed by atoms with Gasteiger partial charge in [0.1, 0.15) is 5.01 Å². The molecule has 0 aliphatic carbocycles. The molecule has 0 bridgehead atoms. The first-order valence-corrected chi connectivity index (χ1v) is 11.1. The Balaban J connectivity index is 0.00000280. The largest absolute Gasteiger partial charge is 0.379 e. The second-order valence-corrected chi connectivity index (χ2v) is 9.01. The fourth-order valence-corrected chi connectivity index (χ4v) is 4.91. The highest BCUT2D eigenvalue weighted by Crippen LogP contribution is 2.27. The lowest BCUT2D eigenvalue weighted by Gasteiger charge is -2.34. The summed E-state index contributed by atoms with van der Waals surface area (Å²) in [5.41, 5.74) is 0. The van der Waals surface area contributed by atoms with Gasteiger partial charge < -0.3 is 15.4 Å². The molecule has 9 heteroatoms. The highest BCUT2D eigenvalue weighted by atomic mass is 127. The van der Waals surface area contributed by atoms with Crippen LogP contribution in [-0.2, 0) is 17.7 Å². The van der Waals surface area contributed by atoms with E-state index < -0.39 is 0 Å². The summed E-state index contributed by atoms with van der Waals surface area (Å²) in [7, 11) is 1.81. The number of nitrogens with one attached hydrogen (secondary N) is 2. The molecule has 3 heterocycles. The van der Waals surface area contributed by atoms with Crippen LogP contribution in [-0.4, -0.2) is 55.7 Å². The van der Waals surface area contributed by atoms with E-state index in [9.17, 15) is 0 Å². The van der Waals surface area contributed by atoms with Gasteiger partial charge in [0.2, 0.25) is 0 Å². The van der Waals surface area contributed by atoms with Crippen LogP contribution in [0.25, 0.3) is 0 Å². The maximum Gasteiger partial charge on any atom is 0.191 e. The van der Waals surface area contributed by atoms with Crippen LogP contribution in [0.1, 0.15) is 32.6 Å². The van der Waals surface area contributed by atoms with Crippen LogP contribution in [0.5, 0.6) is 0 Å². The highest BCUT2D eigenvalue weighted by molar-refractivity contribution is 14.0. The molecule has 1 unspecified atom stereocenters. The van der Waals surface area contributed by atoms with Gasteiger partial charge in [0.25, 0.3) is 0 Å². The van der Waals surface area contributed by atoms with Crippen LogP contribution in [0.3, 0.4) is 0 Å². The topological polar surface area (TPSA) is 61.8 Å². The lowest BCUT2D eigenvalue weighted by molar-refractivity contribution is 0.0177. The molecule has 0 spiro atoms. The molecule has 6 nitrogen and oxygen atoms in total. The number of halogens is 1. The average Bonchev–Trinajstić information content (AvgIpc) is 3.34. The minimum Gasteiger partial charge on any atom is -0.379 e. The molecule has 1 fully saturated rings. The molecule has 0 radical (unpaired) electrons. The van der Waals surface area contributed by atoms with Crippen LogP contribution in [0.2, 0.25) is 0 Å². The second kappa shape index (κ2) is 12.1. The van der Waals surface area contributed by atoms with Gasteiger partial charge in [0.15, 0.2) is 5.96 Å². The number of guanidine groups is 1. The minimum atomic E-state index is 0. The van der Waals surface area contributed by atoms with Gasteiger partial charge in [-0.3, -0.25) is 9.89 Å². The molecule has 1 atom stereocenters. The number of morpholine rings is 1. The summed E-state index contributed by atoms with van der Waals surface area (Å²) < 4.78 is 5.54. The molecule has 156 valence electrons. The van der Waals surface area contributed by atoms with E-state index in [1.165, 1.54) is 14.6 Å². The zero-order chi connectivity index (χ0) is 19.1. The van der Waals surface area contributed by atoms with E-state index in [0.717, 1.165) is 50.2 Å². The van der Waals surface area contributed by atoms with Crippen molar-refractivity contribution in [3.05, 3.63) is 38.0 Å². The molecule has 0 amide bonds. The fourth-order valence-electron chi connectivity index (χ4n) is 3.10. The maximum absolute atomic E-state index is 5.54. The monoisotopic (exact) mass is 535 g/mol. The zero-order valence-electron chi connectivity index (χ0n) is 16.7. The van der Waals surface area contributed by atoms with E-state index in [1.54, 1.807) is 11.3 Å². The van der Waals surface area contributed by atoms with E-state index in [-0.39, 0.29) is 24.0 Å². The summed E-state index contributed by atoms with van der Waals surface area (Å²) in [6.45, 7) is 9.38. The predicted molar refractivity (Wildman–Crippen MR) is 129 cm³/mol. The van der Waals surface area contributed by atoms with Crippen molar-refractivity contribution in [1.29, 1.82) is 0 Å². The number of thiazole rings is 1. The third-order valence-electron chi connectivity index (χ3n) is 4.62. The Morgan fingerprint density at radius 1 is 1.29 bits per heavy atom. The lowest BCUT2D eigenvalue weighted by atomic mass is 10.2. The van der Waals surface area contributed by atoms with Crippen LogP contribution in [0.4, 0.5) is 0 Å². The van der Waals surface area contributed by atoms with E-state index in [0.29, 0.717) is 12.6 Å². The van der Waals surface area contributed by atoms with Crippen molar-refractivity contribution in [2.75, 3.05) is 39.9 Å². The first-order valence-electron chi connectivity index (χ1n) is 9.45. The molecule has 3 rings (SSSR count). The molecule has 1 aliphatic rings. The van der Waals surface area contributed by atoms with E-state index in [2.05, 4.69) is 51.5 Å². The number of ether oxygens (including phenoxy) is 1. The average molecular weight is 536 g/mol. The van der Waals surface area contributed by atoms with Crippen LogP contribution >= 0.6 is 46.7 Å². The minimum absolute atomic E-state index is 0. The van der Waals surface area contributed by atoms with Gasteiger partial charge in [-0.25, -0.2) is 4.98 Å². The van der Waals surface area contributed by atoms with Gasteiger partial charge in [-0.1, -0.05) is 6.92 Å². The number of hydrogen-bond acceptors (Lipinski definition) is 6. The van der Waals surface area contributed by atoms with Gasteiger partial charge in [0, 0.05) is 47.5 Å². The van der Waals surface area contributed by atoms with Crippen molar-refractivity contribution >= 4 is 52.6 Å². The number of aryl methyl sites for hydroxylation is 2. The first-order chi connectivity index (χ1) is 13.2. The molecule has 28 heavy (non-hydrogen) atoms. The first kappa shape index (κ1) is 23.5. The number of thiophene rings is 1. The van der Waals surface area contributed by atoms with Gasteiger partial charge in [-0.05, 0) is 25.5 Å². The van der Waals surface area contributed by atoms with Gasteiger partial charge >= 0.3 is 0 Å². The summed E-state index contributed by atoms with van der Waals surface area (Å²) in [6, 6.07) is 4.78. The summed E-state index contributed by atoms with van der Waals surface area (Å²) in [4.78, 5) is 15.4. The number of nitrogens with zero attached hydrogens (tertiary/aromatic N) is 3. The fraction of sp³-hybridized carbons (Fsp3) is 0.579. The molecule has 2 N–H and O–H groups in total. The second-order valence-electron chi connectivity index (χ2n) is 6.49. The number of hydrogen-bond donors (Lipinski definition) is 2. The third-order valence-corrected chi connectivity index (χ3v) is 6.86. The maximum atomic E-state index is 5.54. The van der Waals surface area contributed by atoms with Crippen molar-refractivity contribution in [3.8, 4) is 0 Å². The van der Waals surface area contributed by atoms with E-state index in [4.69, 9.17) is 4.74 Å². The Labute approximate surface area is 192 Å². The van der Waals surface area contributed by atoms with Crippen molar-refractivity contribution in [2.24, 2.45) is 4.99 Å². The Morgan fingerprint density at radius 3 is 2.68 bits per heavy atom. The van der Waals surface area contributed by atoms with E-state index in [1.807, 2.05) is 24.6 Å². The summed E-state index contributed by atoms with van der Waals surface area (Å²) in [6.07, 6.45) is 3.00. The number of aromatic nitrogens is 1. The normalized spacial score (nSPS) is 16.5. The molecular weight excluding hydrogens is 505 g/mol. The highest BCUT2D eigenvalue weighted by Gasteiger charge is 2.24. The number of aliphatic imine (C=N–C) groups is 1. The molecule has 1 aliphatic heterocycles. The molecular formula is C19H30IN5OS2. The zero-order valence-corrected chi connectivity index (χ0v) is 20.7. The van der Waals surface area contributed by atoms with Gasteiger partial charge in [0.05, 0.1) is 25.8 Å². The molecule has 0 saturated carbocycles.